The molecule has 2 aliphatic heterocycles. The van der Waals surface area contributed by atoms with Crippen LogP contribution in [0, 0.1) is 11.8 Å². The van der Waals surface area contributed by atoms with E-state index in [1.54, 1.807) is 45.2 Å². The third-order valence-corrected chi connectivity index (χ3v) is 11.0. The molecule has 11 nitrogen and oxygen atoms in total. The maximum absolute atomic E-state index is 14.9. The van der Waals surface area contributed by atoms with Crippen LogP contribution >= 0.6 is 11.3 Å². The van der Waals surface area contributed by atoms with Crippen LogP contribution in [0.4, 0.5) is 4.79 Å². The number of carbonyl (C=O) groups excluding carboxylic acids is 3. The number of benzene rings is 1. The topological polar surface area (TPSA) is 132 Å². The van der Waals surface area contributed by atoms with Crippen LogP contribution in [0.2, 0.25) is 0 Å². The Bertz CT molecular complexity index is 1440. The van der Waals surface area contributed by atoms with Gasteiger partial charge in [0, 0.05) is 55.3 Å². The second-order valence-electron chi connectivity index (χ2n) is 14.5. The Kier molecular flexibility index (Phi) is 11.6. The van der Waals surface area contributed by atoms with Gasteiger partial charge in [-0.15, -0.1) is 11.3 Å². The molecular formula is C36H51N5O6S. The summed E-state index contributed by atoms with van der Waals surface area (Å²) in [4.78, 5) is 64.3. The molecule has 1 saturated carbocycles. The van der Waals surface area contributed by atoms with Gasteiger partial charge < -0.3 is 25.0 Å². The fourth-order valence-corrected chi connectivity index (χ4v) is 8.34. The van der Waals surface area contributed by atoms with Crippen molar-refractivity contribution in [3.05, 3.63) is 52.0 Å². The van der Waals surface area contributed by atoms with Crippen LogP contribution in [-0.2, 0) is 14.3 Å². The van der Waals surface area contributed by atoms with E-state index in [4.69, 9.17) is 9.72 Å². The monoisotopic (exact) mass is 681 g/mol. The standard InChI is InChI=1S/C36H51N5O6S/c1-6-47-27-17-26-19-40(29(21-39(26)20-27)33-37-28(22-48-33)31(42)25-15-11-8-12-16-25)34(44)30(24-13-9-7-10-14-24)38-32(43)23(2)18-41(35(45)46)36(3,4)5/h8,11-12,15-16,22-24,26-27,29-30H,6-7,9-10,13-14,17-21H2,1-5H3,(H,38,43)(H,45,46)/t23-,26+,27+,29-,30-/m0/s1. The van der Waals surface area contributed by atoms with Gasteiger partial charge in [-0.1, -0.05) is 56.5 Å². The summed E-state index contributed by atoms with van der Waals surface area (Å²) in [5, 5.41) is 15.4. The van der Waals surface area contributed by atoms with Gasteiger partial charge in [-0.2, -0.15) is 0 Å². The van der Waals surface area contributed by atoms with Crippen molar-refractivity contribution in [2.75, 3.05) is 32.8 Å². The molecule has 0 unspecified atom stereocenters. The number of hydrogen-bond donors (Lipinski definition) is 2. The number of aromatic nitrogens is 1. The summed E-state index contributed by atoms with van der Waals surface area (Å²) < 4.78 is 6.00. The molecule has 3 heterocycles. The number of carbonyl (C=O) groups is 4. The average molecular weight is 682 g/mol. The Morgan fingerprint density at radius 3 is 2.44 bits per heavy atom. The lowest BCUT2D eigenvalue weighted by atomic mass is 9.82. The molecule has 1 aliphatic carbocycles. The van der Waals surface area contributed by atoms with E-state index >= 15 is 0 Å². The lowest BCUT2D eigenvalue weighted by Crippen LogP contribution is -2.60. The fourth-order valence-electron chi connectivity index (χ4n) is 7.44. The summed E-state index contributed by atoms with van der Waals surface area (Å²) in [6.45, 7) is 11.6. The number of ether oxygens (including phenoxy) is 1. The van der Waals surface area contributed by atoms with Gasteiger partial charge in [-0.05, 0) is 52.9 Å². The highest BCUT2D eigenvalue weighted by Gasteiger charge is 2.46. The Morgan fingerprint density at radius 1 is 1.08 bits per heavy atom. The number of amides is 3. The predicted octanol–water partition coefficient (Wildman–Crippen LogP) is 5.22. The van der Waals surface area contributed by atoms with Crippen molar-refractivity contribution in [2.24, 2.45) is 11.8 Å². The Hall–Kier alpha value is -3.35. The largest absolute Gasteiger partial charge is 0.465 e. The minimum atomic E-state index is -1.08. The fraction of sp³-hybridized carbons (Fsp3) is 0.639. The highest BCUT2D eigenvalue weighted by atomic mass is 32.1. The van der Waals surface area contributed by atoms with E-state index in [0.29, 0.717) is 36.0 Å². The molecule has 12 heteroatoms. The first-order chi connectivity index (χ1) is 22.9. The molecule has 1 aromatic carbocycles. The number of nitrogens with one attached hydrogen (secondary N) is 1. The minimum absolute atomic E-state index is 0.0226. The van der Waals surface area contributed by atoms with Crippen molar-refractivity contribution in [3.63, 3.8) is 0 Å². The van der Waals surface area contributed by atoms with Gasteiger partial charge in [0.15, 0.2) is 0 Å². The zero-order valence-corrected chi connectivity index (χ0v) is 29.7. The number of nitrogens with zero attached hydrogens (tertiary/aromatic N) is 4. The summed E-state index contributed by atoms with van der Waals surface area (Å²) in [6.07, 6.45) is 4.56. The van der Waals surface area contributed by atoms with E-state index in [-0.39, 0.29) is 48.2 Å². The van der Waals surface area contributed by atoms with Crippen LogP contribution in [0.5, 0.6) is 0 Å². The number of ketones is 1. The molecular weight excluding hydrogens is 630 g/mol. The molecule has 3 fully saturated rings. The van der Waals surface area contributed by atoms with Crippen molar-refractivity contribution >= 4 is 35.0 Å². The molecule has 2 saturated heterocycles. The van der Waals surface area contributed by atoms with E-state index in [0.717, 1.165) is 45.1 Å². The van der Waals surface area contributed by atoms with Crippen molar-refractivity contribution in [2.45, 2.75) is 103 Å². The highest BCUT2D eigenvalue weighted by Crippen LogP contribution is 2.37. The van der Waals surface area contributed by atoms with Gasteiger partial charge in [-0.25, -0.2) is 9.78 Å². The van der Waals surface area contributed by atoms with Gasteiger partial charge in [0.25, 0.3) is 0 Å². The van der Waals surface area contributed by atoms with Crippen molar-refractivity contribution in [1.29, 1.82) is 0 Å². The third-order valence-electron chi connectivity index (χ3n) is 10.1. The van der Waals surface area contributed by atoms with Gasteiger partial charge in [0.1, 0.15) is 16.7 Å². The van der Waals surface area contributed by atoms with Gasteiger partial charge >= 0.3 is 6.09 Å². The molecule has 262 valence electrons. The normalized spacial score (nSPS) is 23.3. The van der Waals surface area contributed by atoms with Crippen molar-refractivity contribution < 1.29 is 29.0 Å². The van der Waals surface area contributed by atoms with Crippen LogP contribution < -0.4 is 5.32 Å². The molecule has 1 aromatic heterocycles. The Morgan fingerprint density at radius 2 is 1.79 bits per heavy atom. The molecule has 5 rings (SSSR count). The molecule has 3 amide bonds. The Labute approximate surface area is 288 Å². The average Bonchev–Trinajstić information content (AvgIpc) is 3.72. The number of fused-ring (bicyclic) bond motifs is 1. The van der Waals surface area contributed by atoms with Crippen molar-refractivity contribution in [3.8, 4) is 0 Å². The SMILES string of the molecule is CCO[C@@H]1C[C@@H]2CN(C(=O)[C@@H](NC(=O)[C@@H](C)CN(C(=O)O)C(C)(C)C)C3CCCCC3)[C@H](c3nc(C(=O)c4ccccc4)cs3)CN2C1. The van der Waals surface area contributed by atoms with Gasteiger partial charge in [-0.3, -0.25) is 19.3 Å². The first-order valence-electron chi connectivity index (χ1n) is 17.4. The number of rotatable bonds is 11. The first-order valence-corrected chi connectivity index (χ1v) is 18.3. The number of hydrogen-bond acceptors (Lipinski definition) is 8. The Balaban J connectivity index is 1.43. The molecule has 48 heavy (non-hydrogen) atoms. The van der Waals surface area contributed by atoms with Crippen LogP contribution in [0.15, 0.2) is 35.7 Å². The maximum atomic E-state index is 14.9. The van der Waals surface area contributed by atoms with E-state index in [9.17, 15) is 24.3 Å². The molecule has 0 radical (unpaired) electrons. The molecule has 5 atom stereocenters. The molecule has 2 aromatic rings. The smallest absolute Gasteiger partial charge is 0.407 e. The van der Waals surface area contributed by atoms with Crippen LogP contribution in [0.3, 0.4) is 0 Å². The quantitative estimate of drug-likeness (QED) is 0.309. The molecule has 0 bridgehead atoms. The maximum Gasteiger partial charge on any atom is 0.407 e. The number of thiazole rings is 1. The van der Waals surface area contributed by atoms with E-state index in [2.05, 4.69) is 10.2 Å². The summed E-state index contributed by atoms with van der Waals surface area (Å²) in [5.74, 6) is -1.30. The van der Waals surface area contributed by atoms with Crippen molar-refractivity contribution in [1.82, 2.24) is 25.0 Å². The third kappa shape index (κ3) is 8.26. The number of carboxylic acid groups (broad SMARTS) is 1. The van der Waals surface area contributed by atoms with Crippen LogP contribution in [0.1, 0.15) is 100 Å². The van der Waals surface area contributed by atoms with E-state index in [1.165, 1.54) is 16.2 Å². The predicted molar refractivity (Wildman–Crippen MR) is 184 cm³/mol. The van der Waals surface area contributed by atoms with E-state index < -0.39 is 23.6 Å². The summed E-state index contributed by atoms with van der Waals surface area (Å²) in [6, 6.07) is 8.06. The second kappa shape index (κ2) is 15.5. The van der Waals surface area contributed by atoms with Gasteiger partial charge in [0.2, 0.25) is 17.6 Å². The zero-order valence-electron chi connectivity index (χ0n) is 28.9. The summed E-state index contributed by atoms with van der Waals surface area (Å²) in [7, 11) is 0. The lowest BCUT2D eigenvalue weighted by molar-refractivity contribution is -0.144. The zero-order chi connectivity index (χ0) is 34.6. The van der Waals surface area contributed by atoms with Crippen LogP contribution in [-0.4, -0.2) is 105 Å². The lowest BCUT2D eigenvalue weighted by Gasteiger charge is -2.45. The first kappa shape index (κ1) is 35.9. The molecule has 3 aliphatic rings. The summed E-state index contributed by atoms with van der Waals surface area (Å²) in [5.41, 5.74) is 0.241. The highest BCUT2D eigenvalue weighted by molar-refractivity contribution is 7.10. The van der Waals surface area contributed by atoms with Crippen LogP contribution in [0.25, 0.3) is 0 Å². The minimum Gasteiger partial charge on any atom is -0.465 e. The van der Waals surface area contributed by atoms with Gasteiger partial charge in [0.05, 0.1) is 18.1 Å². The molecule has 2 N–H and O–H groups in total. The number of piperazine rings is 1. The molecule has 0 spiro atoms. The summed E-state index contributed by atoms with van der Waals surface area (Å²) >= 11 is 1.39. The van der Waals surface area contributed by atoms with E-state index in [1.807, 2.05) is 30.0 Å². The second-order valence-corrected chi connectivity index (χ2v) is 15.4.